The van der Waals surface area contributed by atoms with Crippen LogP contribution in [-0.4, -0.2) is 18.9 Å². The summed E-state index contributed by atoms with van der Waals surface area (Å²) in [6.07, 6.45) is 4.86. The summed E-state index contributed by atoms with van der Waals surface area (Å²) in [5, 5.41) is 0. The van der Waals surface area contributed by atoms with E-state index in [1.165, 1.54) is 12.1 Å². The van der Waals surface area contributed by atoms with Crippen LogP contribution in [0.25, 0.3) is 0 Å². The average molecular weight is 612 g/mol. The molecule has 0 heterocycles. The van der Waals surface area contributed by atoms with Crippen molar-refractivity contribution in [1.29, 1.82) is 0 Å². The van der Waals surface area contributed by atoms with Crippen LogP contribution in [0.15, 0.2) is 41.3 Å². The number of benzene rings is 2. The Morgan fingerprint density at radius 2 is 1.78 bits per heavy atom. The molecule has 0 unspecified atom stereocenters. The lowest BCUT2D eigenvalue weighted by Gasteiger charge is -2.24. The second-order valence-corrected chi connectivity index (χ2v) is 10.1. The van der Waals surface area contributed by atoms with Crippen LogP contribution in [0.3, 0.4) is 0 Å². The molecule has 5 nitrogen and oxygen atoms in total. The number of hydrogen-bond acceptors (Lipinski definition) is 4. The van der Waals surface area contributed by atoms with Gasteiger partial charge in [0.15, 0.2) is 0 Å². The zero-order valence-electron chi connectivity index (χ0n) is 14.3. The number of hydrogen-bond donors (Lipinski definition) is 1. The molecule has 8 heteroatoms. The van der Waals surface area contributed by atoms with Crippen molar-refractivity contribution < 1.29 is 22.5 Å². The second-order valence-electron chi connectivity index (χ2n) is 6.50. The van der Waals surface area contributed by atoms with E-state index in [4.69, 9.17) is 4.74 Å². The highest BCUT2D eigenvalue weighted by molar-refractivity contribution is 14.1. The molecule has 2 aromatic carbocycles. The minimum Gasteiger partial charge on any atom is -0.423 e. The van der Waals surface area contributed by atoms with Gasteiger partial charge >= 0.3 is 5.97 Å². The first kappa shape index (κ1) is 21.0. The minimum absolute atomic E-state index is 0.0344. The Labute approximate surface area is 185 Å². The Morgan fingerprint density at radius 1 is 1.07 bits per heavy atom. The number of ether oxygens (including phenoxy) is 1. The number of esters is 1. The number of rotatable bonds is 4. The summed E-state index contributed by atoms with van der Waals surface area (Å²) in [5.41, 5.74) is 0.986. The molecule has 27 heavy (non-hydrogen) atoms. The van der Waals surface area contributed by atoms with E-state index in [0.717, 1.165) is 39.2 Å². The predicted octanol–water partition coefficient (Wildman–Crippen LogP) is 5.41. The molecule has 2 aromatic rings. The molecule has 1 aliphatic rings. The topological polar surface area (TPSA) is 80.7 Å². The second kappa shape index (κ2) is 8.75. The van der Waals surface area contributed by atoms with Crippen LogP contribution in [0.4, 0.5) is 0 Å². The molecule has 1 saturated carbocycles. The van der Waals surface area contributed by atoms with Crippen molar-refractivity contribution in [3.05, 3.63) is 54.7 Å². The molecule has 1 N–H and O–H groups in total. The molecule has 1 aliphatic carbocycles. The van der Waals surface area contributed by atoms with Crippen LogP contribution in [0.1, 0.15) is 53.9 Å². The van der Waals surface area contributed by atoms with Crippen LogP contribution in [-0.2, 0) is 10.1 Å². The number of halogens is 2. The SMILES string of the molecule is O=C(Oc1ccc(S(=O)(=O)O)c(C2CCCCC2)c1)c1cccc(I)c1I. The van der Waals surface area contributed by atoms with Crippen molar-refractivity contribution in [1.82, 2.24) is 0 Å². The zero-order chi connectivity index (χ0) is 19.6. The van der Waals surface area contributed by atoms with Gasteiger partial charge in [0.25, 0.3) is 10.1 Å². The predicted molar refractivity (Wildman–Crippen MR) is 119 cm³/mol. The van der Waals surface area contributed by atoms with E-state index in [1.54, 1.807) is 18.2 Å². The lowest BCUT2D eigenvalue weighted by Crippen LogP contribution is -2.14. The molecule has 3 rings (SSSR count). The number of carbonyl (C=O) groups excluding carboxylic acids is 1. The van der Waals surface area contributed by atoms with Crippen molar-refractivity contribution >= 4 is 61.3 Å². The summed E-state index contributed by atoms with van der Waals surface area (Å²) < 4.78 is 40.4. The molecular weight excluding hydrogens is 594 g/mol. The molecule has 0 aliphatic heterocycles. The Bertz CT molecular complexity index is 966. The highest BCUT2D eigenvalue weighted by Crippen LogP contribution is 2.37. The van der Waals surface area contributed by atoms with Crippen molar-refractivity contribution in [2.75, 3.05) is 0 Å². The summed E-state index contributed by atoms with van der Waals surface area (Å²) in [7, 11) is -4.34. The van der Waals surface area contributed by atoms with E-state index >= 15 is 0 Å². The normalized spacial score (nSPS) is 15.5. The van der Waals surface area contributed by atoms with Crippen LogP contribution < -0.4 is 4.74 Å². The van der Waals surface area contributed by atoms with Gasteiger partial charge in [-0.3, -0.25) is 4.55 Å². The molecule has 0 spiro atoms. The summed E-state index contributed by atoms with van der Waals surface area (Å²) in [5.74, 6) is -0.179. The lowest BCUT2D eigenvalue weighted by molar-refractivity contribution is 0.0733. The monoisotopic (exact) mass is 612 g/mol. The molecule has 0 aromatic heterocycles. The van der Waals surface area contributed by atoms with E-state index in [9.17, 15) is 17.8 Å². The van der Waals surface area contributed by atoms with Crippen LogP contribution in [0.2, 0.25) is 0 Å². The number of carbonyl (C=O) groups is 1. The summed E-state index contributed by atoms with van der Waals surface area (Å²) >= 11 is 4.25. The molecule has 0 atom stereocenters. The Kier molecular flexibility index (Phi) is 6.80. The third-order valence-corrected chi connectivity index (χ3v) is 8.71. The molecule has 0 bridgehead atoms. The Hall–Kier alpha value is -0.720. The van der Waals surface area contributed by atoms with Gasteiger partial charge in [-0.2, -0.15) is 8.42 Å². The van der Waals surface area contributed by atoms with Crippen molar-refractivity contribution in [3.63, 3.8) is 0 Å². The van der Waals surface area contributed by atoms with Gasteiger partial charge in [-0.05, 0) is 99.8 Å². The van der Waals surface area contributed by atoms with Gasteiger partial charge in [0, 0.05) is 7.14 Å². The zero-order valence-corrected chi connectivity index (χ0v) is 19.5. The molecular formula is C19H18I2O5S. The maximum atomic E-state index is 12.6. The smallest absolute Gasteiger partial charge is 0.344 e. The van der Waals surface area contributed by atoms with Crippen molar-refractivity contribution in [2.24, 2.45) is 0 Å². The van der Waals surface area contributed by atoms with Gasteiger partial charge in [0.2, 0.25) is 0 Å². The average Bonchev–Trinajstić information content (AvgIpc) is 2.63. The molecule has 0 amide bonds. The largest absolute Gasteiger partial charge is 0.423 e. The first-order valence-corrected chi connectivity index (χ1v) is 12.1. The van der Waals surface area contributed by atoms with Crippen LogP contribution in [0.5, 0.6) is 5.75 Å². The maximum absolute atomic E-state index is 12.6. The van der Waals surface area contributed by atoms with E-state index in [1.807, 2.05) is 6.07 Å². The van der Waals surface area contributed by atoms with E-state index in [0.29, 0.717) is 11.1 Å². The third kappa shape index (κ3) is 5.01. The molecule has 0 radical (unpaired) electrons. The highest BCUT2D eigenvalue weighted by atomic mass is 127. The molecule has 1 fully saturated rings. The van der Waals surface area contributed by atoms with Crippen molar-refractivity contribution in [2.45, 2.75) is 42.9 Å². The minimum atomic E-state index is -4.34. The Morgan fingerprint density at radius 3 is 2.44 bits per heavy atom. The fourth-order valence-corrected chi connectivity index (χ4v) is 5.22. The van der Waals surface area contributed by atoms with E-state index in [2.05, 4.69) is 45.2 Å². The van der Waals surface area contributed by atoms with Gasteiger partial charge in [-0.15, -0.1) is 0 Å². The fraction of sp³-hybridized carbons (Fsp3) is 0.316. The summed E-state index contributed by atoms with van der Waals surface area (Å²) in [4.78, 5) is 12.5. The van der Waals surface area contributed by atoms with Gasteiger partial charge < -0.3 is 4.74 Å². The first-order chi connectivity index (χ1) is 12.8. The third-order valence-electron chi connectivity index (χ3n) is 4.69. The maximum Gasteiger partial charge on any atom is 0.344 e. The van der Waals surface area contributed by atoms with Crippen LogP contribution in [0, 0.1) is 7.14 Å². The van der Waals surface area contributed by atoms with Gasteiger partial charge in [0.05, 0.1) is 10.5 Å². The fourth-order valence-electron chi connectivity index (χ4n) is 3.38. The lowest BCUT2D eigenvalue weighted by atomic mass is 9.84. The van der Waals surface area contributed by atoms with Gasteiger partial charge in [0.1, 0.15) is 5.75 Å². The highest BCUT2D eigenvalue weighted by Gasteiger charge is 2.25. The van der Waals surface area contributed by atoms with Gasteiger partial charge in [-0.1, -0.05) is 25.3 Å². The molecule has 144 valence electrons. The van der Waals surface area contributed by atoms with E-state index in [-0.39, 0.29) is 16.6 Å². The van der Waals surface area contributed by atoms with Crippen LogP contribution >= 0.6 is 45.2 Å². The molecule has 0 saturated heterocycles. The Balaban J connectivity index is 1.94. The van der Waals surface area contributed by atoms with Gasteiger partial charge in [-0.25, -0.2) is 4.79 Å². The summed E-state index contributed by atoms with van der Waals surface area (Å²) in [6, 6.07) is 9.70. The summed E-state index contributed by atoms with van der Waals surface area (Å²) in [6.45, 7) is 0. The first-order valence-electron chi connectivity index (χ1n) is 8.55. The standard InChI is InChI=1S/C19H18I2O5S/c20-16-8-4-7-14(18(16)21)19(22)26-13-9-10-17(27(23,24)25)15(11-13)12-5-2-1-3-6-12/h4,7-12H,1-3,5-6H2,(H,23,24,25). The van der Waals surface area contributed by atoms with Crippen molar-refractivity contribution in [3.8, 4) is 5.75 Å². The quantitative estimate of drug-likeness (QED) is 0.216. The van der Waals surface area contributed by atoms with E-state index < -0.39 is 16.1 Å².